The third-order valence-electron chi connectivity index (χ3n) is 1.10. The lowest BCUT2D eigenvalue weighted by Crippen LogP contribution is -2.04. The molecule has 0 amide bonds. The fourth-order valence-electron chi connectivity index (χ4n) is 0.687. The molecule has 8 heavy (non-hydrogen) atoms. The SMILES string of the molecule is BC1CC=C(C=O)O1. The molecule has 1 aliphatic heterocycles. The Labute approximate surface area is 48.9 Å². The lowest BCUT2D eigenvalue weighted by molar-refractivity contribution is -0.107. The summed E-state index contributed by atoms with van der Waals surface area (Å²) < 4.78 is 5.00. The van der Waals surface area contributed by atoms with Crippen LogP contribution in [0, 0.1) is 0 Å². The van der Waals surface area contributed by atoms with Crippen LogP contribution in [0.25, 0.3) is 0 Å². The second-order valence-corrected chi connectivity index (χ2v) is 1.89. The summed E-state index contributed by atoms with van der Waals surface area (Å²) in [5.74, 6) is 0.484. The lowest BCUT2D eigenvalue weighted by atomic mass is 9.98. The normalized spacial score (nSPS) is 26.5. The van der Waals surface area contributed by atoms with E-state index in [9.17, 15) is 4.79 Å². The lowest BCUT2D eigenvalue weighted by Gasteiger charge is -2.01. The molecular formula is C5H7BO2. The molecule has 0 N–H and O–H groups in total. The second kappa shape index (κ2) is 2.03. The summed E-state index contributed by atoms with van der Waals surface area (Å²) in [4.78, 5) is 9.96. The molecule has 0 aromatic rings. The molecule has 0 bridgehead atoms. The van der Waals surface area contributed by atoms with Crippen molar-refractivity contribution < 1.29 is 9.53 Å². The maximum atomic E-state index is 9.96. The molecule has 1 aliphatic rings. The van der Waals surface area contributed by atoms with Gasteiger partial charge in [0.05, 0.1) is 6.00 Å². The Morgan fingerprint density at radius 2 is 2.75 bits per heavy atom. The number of allylic oxidation sites excluding steroid dienone is 1. The summed E-state index contributed by atoms with van der Waals surface area (Å²) in [5, 5.41) is 0. The molecule has 0 aliphatic carbocycles. The van der Waals surface area contributed by atoms with Gasteiger partial charge in [-0.25, -0.2) is 0 Å². The Balaban J connectivity index is 2.49. The number of hydrogen-bond donors (Lipinski definition) is 0. The molecule has 0 spiro atoms. The van der Waals surface area contributed by atoms with Crippen molar-refractivity contribution in [2.75, 3.05) is 0 Å². The molecule has 1 unspecified atom stereocenters. The minimum atomic E-state index is 0.204. The van der Waals surface area contributed by atoms with Crippen molar-refractivity contribution >= 4 is 14.1 Å². The smallest absolute Gasteiger partial charge is 0.184 e. The molecule has 0 saturated carbocycles. The molecule has 2 nitrogen and oxygen atoms in total. The molecule has 0 saturated heterocycles. The monoisotopic (exact) mass is 110 g/mol. The highest BCUT2D eigenvalue weighted by molar-refractivity contribution is 6.11. The average Bonchev–Trinajstić information content (AvgIpc) is 2.14. The van der Waals surface area contributed by atoms with Crippen LogP contribution in [0.15, 0.2) is 11.8 Å². The Morgan fingerprint density at radius 1 is 2.00 bits per heavy atom. The molecule has 0 aromatic heterocycles. The topological polar surface area (TPSA) is 26.3 Å². The highest BCUT2D eigenvalue weighted by atomic mass is 16.5. The van der Waals surface area contributed by atoms with Crippen LogP contribution in [0.2, 0.25) is 0 Å². The number of hydrogen-bond acceptors (Lipinski definition) is 2. The molecule has 1 heterocycles. The van der Waals surface area contributed by atoms with Crippen molar-refractivity contribution in [1.29, 1.82) is 0 Å². The molecule has 1 rings (SSSR count). The van der Waals surface area contributed by atoms with Gasteiger partial charge in [-0.15, -0.1) is 0 Å². The first-order chi connectivity index (χ1) is 3.83. The van der Waals surface area contributed by atoms with Crippen molar-refractivity contribution in [2.45, 2.75) is 12.4 Å². The number of rotatable bonds is 1. The van der Waals surface area contributed by atoms with Crippen LogP contribution in [-0.2, 0) is 9.53 Å². The largest absolute Gasteiger partial charge is 0.496 e. The van der Waals surface area contributed by atoms with Crippen molar-refractivity contribution in [3.05, 3.63) is 11.8 Å². The zero-order valence-electron chi connectivity index (χ0n) is 4.76. The van der Waals surface area contributed by atoms with Gasteiger partial charge in [-0.05, 0) is 12.5 Å². The summed E-state index contributed by atoms with van der Waals surface area (Å²) in [6, 6.07) is 0.204. The van der Waals surface area contributed by atoms with Crippen molar-refractivity contribution in [3.8, 4) is 0 Å². The van der Waals surface area contributed by atoms with E-state index in [1.165, 1.54) is 0 Å². The first-order valence-corrected chi connectivity index (χ1v) is 2.65. The van der Waals surface area contributed by atoms with Crippen LogP contribution in [-0.4, -0.2) is 20.1 Å². The van der Waals surface area contributed by atoms with E-state index in [0.717, 1.165) is 12.7 Å². The van der Waals surface area contributed by atoms with Crippen LogP contribution in [0.3, 0.4) is 0 Å². The minimum absolute atomic E-state index is 0.204. The third-order valence-corrected chi connectivity index (χ3v) is 1.10. The van der Waals surface area contributed by atoms with E-state index >= 15 is 0 Å². The van der Waals surface area contributed by atoms with Gasteiger partial charge in [-0.1, -0.05) is 0 Å². The van der Waals surface area contributed by atoms with Crippen LogP contribution >= 0.6 is 0 Å². The molecule has 0 radical (unpaired) electrons. The van der Waals surface area contributed by atoms with Crippen molar-refractivity contribution in [2.24, 2.45) is 0 Å². The number of aldehydes is 1. The van der Waals surface area contributed by atoms with E-state index < -0.39 is 0 Å². The maximum Gasteiger partial charge on any atom is 0.184 e. The first-order valence-electron chi connectivity index (χ1n) is 2.65. The zero-order chi connectivity index (χ0) is 5.98. The van der Waals surface area contributed by atoms with Crippen LogP contribution < -0.4 is 0 Å². The van der Waals surface area contributed by atoms with Gasteiger partial charge in [-0.2, -0.15) is 0 Å². The van der Waals surface area contributed by atoms with Gasteiger partial charge >= 0.3 is 0 Å². The quantitative estimate of drug-likeness (QED) is 0.334. The maximum absolute atomic E-state index is 9.96. The fraction of sp³-hybridized carbons (Fsp3) is 0.400. The van der Waals surface area contributed by atoms with Gasteiger partial charge < -0.3 is 4.74 Å². The molecular weight excluding hydrogens is 103 g/mol. The van der Waals surface area contributed by atoms with E-state index in [1.54, 1.807) is 6.08 Å². The molecule has 3 heteroatoms. The fourth-order valence-corrected chi connectivity index (χ4v) is 0.687. The summed E-state index contributed by atoms with van der Waals surface area (Å²) >= 11 is 0. The van der Waals surface area contributed by atoms with Gasteiger partial charge in [0.2, 0.25) is 0 Å². The molecule has 42 valence electrons. The minimum Gasteiger partial charge on any atom is -0.496 e. The van der Waals surface area contributed by atoms with Crippen molar-refractivity contribution in [3.63, 3.8) is 0 Å². The van der Waals surface area contributed by atoms with Crippen LogP contribution in [0.4, 0.5) is 0 Å². The Bertz CT molecular complexity index is 130. The number of ether oxygens (including phenoxy) is 1. The predicted molar refractivity (Wildman–Crippen MR) is 32.2 cm³/mol. The molecule has 0 aromatic carbocycles. The van der Waals surface area contributed by atoms with E-state index in [2.05, 4.69) is 0 Å². The summed E-state index contributed by atoms with van der Waals surface area (Å²) in [5.41, 5.74) is 0. The summed E-state index contributed by atoms with van der Waals surface area (Å²) in [6.07, 6.45) is 3.41. The van der Waals surface area contributed by atoms with E-state index in [4.69, 9.17) is 4.74 Å². The summed E-state index contributed by atoms with van der Waals surface area (Å²) in [7, 11) is 1.94. The molecule has 0 fully saturated rings. The first kappa shape index (κ1) is 5.41. The Morgan fingerprint density at radius 3 is 3.00 bits per heavy atom. The third kappa shape index (κ3) is 0.913. The van der Waals surface area contributed by atoms with Gasteiger partial charge in [0.25, 0.3) is 0 Å². The van der Waals surface area contributed by atoms with Crippen molar-refractivity contribution in [1.82, 2.24) is 0 Å². The van der Waals surface area contributed by atoms with Gasteiger partial charge in [0.1, 0.15) is 0 Å². The second-order valence-electron chi connectivity index (χ2n) is 1.89. The predicted octanol–water partition coefficient (Wildman–Crippen LogP) is -0.551. The van der Waals surface area contributed by atoms with E-state index in [0.29, 0.717) is 5.76 Å². The number of carbonyl (C=O) groups is 1. The highest BCUT2D eigenvalue weighted by Crippen LogP contribution is 2.11. The number of carbonyl (C=O) groups excluding carboxylic acids is 1. The Kier molecular flexibility index (Phi) is 1.37. The average molecular weight is 110 g/mol. The van der Waals surface area contributed by atoms with Crippen LogP contribution in [0.5, 0.6) is 0 Å². The van der Waals surface area contributed by atoms with E-state index in [-0.39, 0.29) is 6.00 Å². The standard InChI is InChI=1S/C5H7BO2/c6-5-2-1-4(3-7)8-5/h1,3,5H,2,6H2. The Hall–Kier alpha value is -0.725. The van der Waals surface area contributed by atoms with Gasteiger partial charge in [0.15, 0.2) is 19.9 Å². The van der Waals surface area contributed by atoms with Gasteiger partial charge in [-0.3, -0.25) is 4.79 Å². The van der Waals surface area contributed by atoms with Gasteiger partial charge in [0, 0.05) is 0 Å². The molecule has 1 atom stereocenters. The van der Waals surface area contributed by atoms with Crippen LogP contribution in [0.1, 0.15) is 6.42 Å². The summed E-state index contributed by atoms with van der Waals surface area (Å²) in [6.45, 7) is 0. The van der Waals surface area contributed by atoms with E-state index in [1.807, 2.05) is 7.85 Å². The zero-order valence-corrected chi connectivity index (χ0v) is 4.76. The highest BCUT2D eigenvalue weighted by Gasteiger charge is 2.10.